The molecule has 1 unspecified atom stereocenters. The molecule has 2 rings (SSSR count). The van der Waals surface area contributed by atoms with Crippen molar-refractivity contribution in [1.29, 1.82) is 0 Å². The molecule has 0 amide bonds. The van der Waals surface area contributed by atoms with Gasteiger partial charge in [-0.2, -0.15) is 0 Å². The van der Waals surface area contributed by atoms with Gasteiger partial charge in [0.25, 0.3) is 0 Å². The van der Waals surface area contributed by atoms with Crippen LogP contribution in [0, 0.1) is 5.92 Å². The van der Waals surface area contributed by atoms with Crippen LogP contribution in [0.1, 0.15) is 31.2 Å². The highest BCUT2D eigenvalue weighted by atomic mass is 35.5. The standard InChI is InChI=1S/C18H24ClNS/c1-18(2,3)20-13-15(12-17-8-5-9-21-17)10-14-6-4-7-16(19)11-14/h4-9,11,15,20H,10,12-13H2,1-3H3. The molecule has 1 aromatic carbocycles. The van der Waals surface area contributed by atoms with E-state index in [-0.39, 0.29) is 5.54 Å². The van der Waals surface area contributed by atoms with E-state index < -0.39 is 0 Å². The topological polar surface area (TPSA) is 12.0 Å². The van der Waals surface area contributed by atoms with Crippen LogP contribution in [0.5, 0.6) is 0 Å². The van der Waals surface area contributed by atoms with E-state index in [2.05, 4.69) is 55.7 Å². The minimum atomic E-state index is 0.155. The van der Waals surface area contributed by atoms with E-state index in [4.69, 9.17) is 11.6 Å². The Morgan fingerprint density at radius 2 is 1.95 bits per heavy atom. The van der Waals surface area contributed by atoms with Crippen molar-refractivity contribution >= 4 is 22.9 Å². The number of nitrogens with one attached hydrogen (secondary N) is 1. The van der Waals surface area contributed by atoms with Crippen LogP contribution in [0.3, 0.4) is 0 Å². The first-order valence-electron chi connectivity index (χ1n) is 7.44. The van der Waals surface area contributed by atoms with Gasteiger partial charge in [-0.15, -0.1) is 11.3 Å². The van der Waals surface area contributed by atoms with Gasteiger partial charge in [0, 0.05) is 15.4 Å². The van der Waals surface area contributed by atoms with Gasteiger partial charge >= 0.3 is 0 Å². The minimum Gasteiger partial charge on any atom is -0.312 e. The Hall–Kier alpha value is -0.830. The van der Waals surface area contributed by atoms with Crippen LogP contribution in [0.2, 0.25) is 5.02 Å². The van der Waals surface area contributed by atoms with Gasteiger partial charge in [-0.3, -0.25) is 0 Å². The number of thiophene rings is 1. The van der Waals surface area contributed by atoms with E-state index in [0.29, 0.717) is 5.92 Å². The highest BCUT2D eigenvalue weighted by Gasteiger charge is 2.16. The van der Waals surface area contributed by atoms with E-state index in [9.17, 15) is 0 Å². The third-order valence-corrected chi connectivity index (χ3v) is 4.54. The SMILES string of the molecule is CC(C)(C)NCC(Cc1cccc(Cl)c1)Cc1cccs1. The number of benzene rings is 1. The molecule has 21 heavy (non-hydrogen) atoms. The Morgan fingerprint density at radius 1 is 1.14 bits per heavy atom. The van der Waals surface area contributed by atoms with Crippen molar-refractivity contribution in [3.05, 3.63) is 57.2 Å². The van der Waals surface area contributed by atoms with Crippen LogP contribution in [0.25, 0.3) is 0 Å². The van der Waals surface area contributed by atoms with E-state index >= 15 is 0 Å². The van der Waals surface area contributed by atoms with Crippen LogP contribution < -0.4 is 5.32 Å². The molecule has 114 valence electrons. The second kappa shape index (κ2) is 7.44. The third kappa shape index (κ3) is 6.21. The molecule has 1 nitrogen and oxygen atoms in total. The van der Waals surface area contributed by atoms with Crippen LogP contribution in [0.15, 0.2) is 41.8 Å². The van der Waals surface area contributed by atoms with Crippen molar-refractivity contribution in [2.45, 2.75) is 39.2 Å². The molecule has 0 radical (unpaired) electrons. The van der Waals surface area contributed by atoms with Gasteiger partial charge in [0.2, 0.25) is 0 Å². The maximum Gasteiger partial charge on any atom is 0.0408 e. The Bertz CT molecular complexity index is 543. The summed E-state index contributed by atoms with van der Waals surface area (Å²) in [7, 11) is 0. The summed E-state index contributed by atoms with van der Waals surface area (Å²) in [6.07, 6.45) is 2.18. The maximum absolute atomic E-state index is 6.11. The zero-order valence-electron chi connectivity index (χ0n) is 13.0. The van der Waals surface area contributed by atoms with Crippen molar-refractivity contribution in [3.8, 4) is 0 Å². The van der Waals surface area contributed by atoms with Crippen LogP contribution in [-0.4, -0.2) is 12.1 Å². The molecule has 3 heteroatoms. The first-order chi connectivity index (χ1) is 9.92. The fraction of sp³-hybridized carbons (Fsp3) is 0.444. The minimum absolute atomic E-state index is 0.155. The lowest BCUT2D eigenvalue weighted by molar-refractivity contribution is 0.368. The van der Waals surface area contributed by atoms with Crippen molar-refractivity contribution in [3.63, 3.8) is 0 Å². The normalized spacial score (nSPS) is 13.3. The molecule has 0 saturated carbocycles. The lowest BCUT2D eigenvalue weighted by Crippen LogP contribution is -2.40. The van der Waals surface area contributed by atoms with Crippen molar-refractivity contribution < 1.29 is 0 Å². The molecule has 0 bridgehead atoms. The van der Waals surface area contributed by atoms with E-state index in [0.717, 1.165) is 24.4 Å². The second-order valence-corrected chi connectivity index (χ2v) is 8.08. The zero-order valence-corrected chi connectivity index (χ0v) is 14.6. The van der Waals surface area contributed by atoms with Gasteiger partial charge in [0.15, 0.2) is 0 Å². The number of rotatable bonds is 6. The van der Waals surface area contributed by atoms with Gasteiger partial charge in [0.1, 0.15) is 0 Å². The Labute approximate surface area is 137 Å². The van der Waals surface area contributed by atoms with Gasteiger partial charge in [-0.05, 0) is 75.2 Å². The smallest absolute Gasteiger partial charge is 0.0408 e. The Kier molecular flexibility index (Phi) is 5.86. The van der Waals surface area contributed by atoms with Gasteiger partial charge in [0.05, 0.1) is 0 Å². The molecule has 0 aliphatic heterocycles. The Morgan fingerprint density at radius 3 is 2.57 bits per heavy atom. The molecule has 1 N–H and O–H groups in total. The molecule has 0 fully saturated rings. The van der Waals surface area contributed by atoms with E-state index in [1.54, 1.807) is 0 Å². The third-order valence-electron chi connectivity index (χ3n) is 3.40. The molecule has 0 spiro atoms. The van der Waals surface area contributed by atoms with E-state index in [1.807, 2.05) is 23.5 Å². The Balaban J connectivity index is 2.03. The number of hydrogen-bond donors (Lipinski definition) is 1. The molecule has 0 aliphatic rings. The monoisotopic (exact) mass is 321 g/mol. The summed E-state index contributed by atoms with van der Waals surface area (Å²) >= 11 is 7.95. The lowest BCUT2D eigenvalue weighted by Gasteiger charge is -2.25. The zero-order chi connectivity index (χ0) is 15.3. The summed E-state index contributed by atoms with van der Waals surface area (Å²) < 4.78 is 0. The van der Waals surface area contributed by atoms with Crippen LogP contribution >= 0.6 is 22.9 Å². The van der Waals surface area contributed by atoms with Crippen LogP contribution in [-0.2, 0) is 12.8 Å². The maximum atomic E-state index is 6.11. The summed E-state index contributed by atoms with van der Waals surface area (Å²) in [5, 5.41) is 6.62. The predicted octanol–water partition coefficient (Wildman–Crippen LogP) is 5.19. The van der Waals surface area contributed by atoms with Crippen LogP contribution in [0.4, 0.5) is 0 Å². The first-order valence-corrected chi connectivity index (χ1v) is 8.70. The molecule has 1 heterocycles. The lowest BCUT2D eigenvalue weighted by atomic mass is 9.94. The van der Waals surface area contributed by atoms with Crippen molar-refractivity contribution in [2.75, 3.05) is 6.54 Å². The summed E-state index contributed by atoms with van der Waals surface area (Å²) in [5.41, 5.74) is 1.47. The van der Waals surface area contributed by atoms with Gasteiger partial charge < -0.3 is 5.32 Å². The average Bonchev–Trinajstić information content (AvgIpc) is 2.88. The van der Waals surface area contributed by atoms with Crippen molar-refractivity contribution in [1.82, 2.24) is 5.32 Å². The van der Waals surface area contributed by atoms with Crippen molar-refractivity contribution in [2.24, 2.45) is 5.92 Å². The quantitative estimate of drug-likeness (QED) is 0.772. The largest absolute Gasteiger partial charge is 0.312 e. The van der Waals surface area contributed by atoms with E-state index in [1.165, 1.54) is 10.4 Å². The molecule has 0 saturated heterocycles. The first kappa shape index (κ1) is 16.5. The molecule has 2 aromatic rings. The number of halogens is 1. The number of hydrogen-bond acceptors (Lipinski definition) is 2. The molecule has 1 atom stereocenters. The fourth-order valence-corrected chi connectivity index (χ4v) is 3.41. The highest BCUT2D eigenvalue weighted by molar-refractivity contribution is 7.09. The highest BCUT2D eigenvalue weighted by Crippen LogP contribution is 2.20. The average molecular weight is 322 g/mol. The summed E-state index contributed by atoms with van der Waals surface area (Å²) in [6, 6.07) is 12.6. The fourth-order valence-electron chi connectivity index (χ4n) is 2.38. The second-order valence-electron chi connectivity index (χ2n) is 6.61. The summed E-state index contributed by atoms with van der Waals surface area (Å²) in [6.45, 7) is 7.67. The van der Waals surface area contributed by atoms with Gasteiger partial charge in [-0.1, -0.05) is 29.8 Å². The summed E-state index contributed by atoms with van der Waals surface area (Å²) in [5.74, 6) is 0.585. The predicted molar refractivity (Wildman–Crippen MR) is 94.4 cm³/mol. The summed E-state index contributed by atoms with van der Waals surface area (Å²) in [4.78, 5) is 1.46. The molecule has 0 aliphatic carbocycles. The van der Waals surface area contributed by atoms with Gasteiger partial charge in [-0.25, -0.2) is 0 Å². The molecular weight excluding hydrogens is 298 g/mol. The molecule has 1 aromatic heterocycles. The molecular formula is C18H24ClNS.